The Morgan fingerprint density at radius 3 is 2.82 bits per heavy atom. The second-order valence-electron chi connectivity index (χ2n) is 3.96. The van der Waals surface area contributed by atoms with Crippen LogP contribution in [0.5, 0.6) is 0 Å². The van der Waals surface area contributed by atoms with Crippen LogP contribution in [-0.4, -0.2) is 12.9 Å². The number of halogens is 3. The van der Waals surface area contributed by atoms with Crippen molar-refractivity contribution in [3.8, 4) is 0 Å². The highest BCUT2D eigenvalue weighted by atomic mass is 79.9. The number of hydrogen-bond donors (Lipinski definition) is 0. The summed E-state index contributed by atoms with van der Waals surface area (Å²) in [7, 11) is 0. The summed E-state index contributed by atoms with van der Waals surface area (Å²) in [6, 6.07) is 3.53. The molecule has 1 fully saturated rings. The van der Waals surface area contributed by atoms with Gasteiger partial charge < -0.3 is 9.47 Å². The van der Waals surface area contributed by atoms with Crippen LogP contribution in [0.1, 0.15) is 24.8 Å². The van der Waals surface area contributed by atoms with Gasteiger partial charge in [-0.2, -0.15) is 0 Å². The van der Waals surface area contributed by atoms with Crippen LogP contribution in [0.15, 0.2) is 16.6 Å². The molecule has 1 aromatic rings. The SMILES string of the molecule is Clc1cc(Cl)c(COC2CCCCO2)c(Br)c1. The van der Waals surface area contributed by atoms with Gasteiger partial charge in [0.15, 0.2) is 6.29 Å². The van der Waals surface area contributed by atoms with Gasteiger partial charge in [-0.25, -0.2) is 0 Å². The van der Waals surface area contributed by atoms with E-state index in [2.05, 4.69) is 15.9 Å². The first-order chi connectivity index (χ1) is 8.16. The molecule has 1 heterocycles. The molecule has 1 aliphatic heterocycles. The van der Waals surface area contributed by atoms with E-state index in [1.165, 1.54) is 0 Å². The van der Waals surface area contributed by atoms with Gasteiger partial charge in [-0.15, -0.1) is 0 Å². The molecule has 0 aliphatic carbocycles. The summed E-state index contributed by atoms with van der Waals surface area (Å²) in [5.74, 6) is 0. The fourth-order valence-corrected chi connectivity index (χ4v) is 3.10. The highest BCUT2D eigenvalue weighted by Gasteiger charge is 2.16. The van der Waals surface area contributed by atoms with Crippen LogP contribution in [0, 0.1) is 0 Å². The molecule has 5 heteroatoms. The van der Waals surface area contributed by atoms with Crippen molar-refractivity contribution in [3.63, 3.8) is 0 Å². The number of benzene rings is 1. The van der Waals surface area contributed by atoms with E-state index in [0.29, 0.717) is 16.7 Å². The van der Waals surface area contributed by atoms with Crippen molar-refractivity contribution in [2.24, 2.45) is 0 Å². The molecule has 1 aromatic carbocycles. The lowest BCUT2D eigenvalue weighted by Crippen LogP contribution is -2.22. The van der Waals surface area contributed by atoms with Gasteiger partial charge in [0.25, 0.3) is 0 Å². The van der Waals surface area contributed by atoms with E-state index in [0.717, 1.165) is 35.9 Å². The van der Waals surface area contributed by atoms with Crippen LogP contribution >= 0.6 is 39.1 Å². The standard InChI is InChI=1S/C12H13BrCl2O2/c13-10-5-8(14)6-11(15)9(10)7-17-12-3-1-2-4-16-12/h5-6,12H,1-4,7H2. The summed E-state index contributed by atoms with van der Waals surface area (Å²) < 4.78 is 12.1. The lowest BCUT2D eigenvalue weighted by atomic mass is 10.2. The van der Waals surface area contributed by atoms with Crippen molar-refractivity contribution >= 4 is 39.1 Å². The van der Waals surface area contributed by atoms with Crippen LogP contribution in [-0.2, 0) is 16.1 Å². The van der Waals surface area contributed by atoms with Gasteiger partial charge in [-0.1, -0.05) is 39.1 Å². The molecule has 0 radical (unpaired) electrons. The van der Waals surface area contributed by atoms with Crippen molar-refractivity contribution in [2.45, 2.75) is 32.2 Å². The predicted octanol–water partition coefficient (Wildman–Crippen LogP) is 4.80. The molecule has 2 rings (SSSR count). The van der Waals surface area contributed by atoms with E-state index in [1.807, 2.05) is 6.07 Å². The summed E-state index contributed by atoms with van der Waals surface area (Å²) in [5, 5.41) is 1.22. The minimum Gasteiger partial charge on any atom is -0.353 e. The first-order valence-corrected chi connectivity index (χ1v) is 7.08. The number of ether oxygens (including phenoxy) is 2. The van der Waals surface area contributed by atoms with E-state index in [1.54, 1.807) is 6.07 Å². The fourth-order valence-electron chi connectivity index (χ4n) is 1.73. The summed E-state index contributed by atoms with van der Waals surface area (Å²) in [5.41, 5.74) is 0.908. The van der Waals surface area contributed by atoms with Crippen LogP contribution in [0.3, 0.4) is 0 Å². The van der Waals surface area contributed by atoms with Gasteiger partial charge in [0.1, 0.15) is 0 Å². The quantitative estimate of drug-likeness (QED) is 0.787. The third-order valence-electron chi connectivity index (χ3n) is 2.66. The summed E-state index contributed by atoms with van der Waals surface area (Å²) in [4.78, 5) is 0. The Hall–Kier alpha value is 0.200. The second kappa shape index (κ2) is 6.39. The average Bonchev–Trinajstić information content (AvgIpc) is 2.29. The maximum absolute atomic E-state index is 6.12. The van der Waals surface area contributed by atoms with Gasteiger partial charge in [-0.05, 0) is 31.4 Å². The minimum atomic E-state index is -0.109. The Balaban J connectivity index is 1.98. The third kappa shape index (κ3) is 3.83. The van der Waals surface area contributed by atoms with Gasteiger partial charge in [0, 0.05) is 26.7 Å². The molecule has 0 amide bonds. The lowest BCUT2D eigenvalue weighted by Gasteiger charge is -2.23. The van der Waals surface area contributed by atoms with Crippen molar-refractivity contribution in [2.75, 3.05) is 6.61 Å². The Morgan fingerprint density at radius 1 is 1.35 bits per heavy atom. The van der Waals surface area contributed by atoms with Crippen molar-refractivity contribution < 1.29 is 9.47 Å². The molecule has 1 atom stereocenters. The largest absolute Gasteiger partial charge is 0.353 e. The summed E-state index contributed by atoms with van der Waals surface area (Å²) in [6.07, 6.45) is 3.11. The van der Waals surface area contributed by atoms with Crippen molar-refractivity contribution in [1.82, 2.24) is 0 Å². The molecule has 0 N–H and O–H groups in total. The van der Waals surface area contributed by atoms with Crippen molar-refractivity contribution in [1.29, 1.82) is 0 Å². The van der Waals surface area contributed by atoms with Crippen LogP contribution < -0.4 is 0 Å². The highest BCUT2D eigenvalue weighted by Crippen LogP contribution is 2.30. The molecule has 17 heavy (non-hydrogen) atoms. The Kier molecular flexibility index (Phi) is 5.12. The lowest BCUT2D eigenvalue weighted by molar-refractivity contribution is -0.169. The molecule has 1 unspecified atom stereocenters. The van der Waals surface area contributed by atoms with E-state index in [9.17, 15) is 0 Å². The van der Waals surface area contributed by atoms with E-state index < -0.39 is 0 Å². The van der Waals surface area contributed by atoms with Gasteiger partial charge in [-0.3, -0.25) is 0 Å². The topological polar surface area (TPSA) is 18.5 Å². The third-order valence-corrected chi connectivity index (χ3v) is 3.92. The first kappa shape index (κ1) is 13.6. The molecule has 2 nitrogen and oxygen atoms in total. The minimum absolute atomic E-state index is 0.109. The molecule has 1 aliphatic rings. The average molecular weight is 340 g/mol. The van der Waals surface area contributed by atoms with Gasteiger partial charge in [0.05, 0.1) is 6.61 Å². The fraction of sp³-hybridized carbons (Fsp3) is 0.500. The smallest absolute Gasteiger partial charge is 0.158 e. The van der Waals surface area contributed by atoms with E-state index in [4.69, 9.17) is 32.7 Å². The number of rotatable bonds is 3. The Bertz CT molecular complexity index is 369. The normalized spacial score (nSPS) is 20.5. The maximum Gasteiger partial charge on any atom is 0.158 e. The monoisotopic (exact) mass is 338 g/mol. The molecule has 0 aromatic heterocycles. The zero-order chi connectivity index (χ0) is 12.3. The van der Waals surface area contributed by atoms with Crippen LogP contribution in [0.2, 0.25) is 10.0 Å². The zero-order valence-corrected chi connectivity index (χ0v) is 12.3. The summed E-state index contributed by atoms with van der Waals surface area (Å²) >= 11 is 15.4. The van der Waals surface area contributed by atoms with E-state index >= 15 is 0 Å². The predicted molar refractivity (Wildman–Crippen MR) is 72.5 cm³/mol. The van der Waals surface area contributed by atoms with Crippen molar-refractivity contribution in [3.05, 3.63) is 32.2 Å². The molecule has 0 saturated carbocycles. The molecule has 94 valence electrons. The first-order valence-electron chi connectivity index (χ1n) is 5.53. The zero-order valence-electron chi connectivity index (χ0n) is 9.22. The Labute approximate surface area is 119 Å². The summed E-state index contributed by atoms with van der Waals surface area (Å²) in [6.45, 7) is 1.21. The molecular formula is C12H13BrCl2O2. The molecular weight excluding hydrogens is 327 g/mol. The molecule has 1 saturated heterocycles. The second-order valence-corrected chi connectivity index (χ2v) is 5.65. The highest BCUT2D eigenvalue weighted by molar-refractivity contribution is 9.10. The maximum atomic E-state index is 6.12. The van der Waals surface area contributed by atoms with Gasteiger partial charge in [0.2, 0.25) is 0 Å². The van der Waals surface area contributed by atoms with Crippen LogP contribution in [0.4, 0.5) is 0 Å². The van der Waals surface area contributed by atoms with E-state index in [-0.39, 0.29) is 6.29 Å². The molecule has 0 bridgehead atoms. The Morgan fingerprint density at radius 2 is 2.18 bits per heavy atom. The number of hydrogen-bond acceptors (Lipinski definition) is 2. The van der Waals surface area contributed by atoms with Crippen LogP contribution in [0.25, 0.3) is 0 Å². The van der Waals surface area contributed by atoms with Gasteiger partial charge >= 0.3 is 0 Å². The molecule has 0 spiro atoms.